The molecule has 128 valence electrons. The van der Waals surface area contributed by atoms with Gasteiger partial charge in [0, 0.05) is 22.5 Å². The lowest BCUT2D eigenvalue weighted by atomic mass is 10.0. The Morgan fingerprint density at radius 1 is 1.12 bits per heavy atom. The van der Waals surface area contributed by atoms with Crippen molar-refractivity contribution < 1.29 is 14.0 Å². The van der Waals surface area contributed by atoms with E-state index in [4.69, 9.17) is 4.42 Å². The first-order valence-corrected chi connectivity index (χ1v) is 8.19. The van der Waals surface area contributed by atoms with E-state index in [-0.39, 0.29) is 11.8 Å². The van der Waals surface area contributed by atoms with Gasteiger partial charge in [-0.15, -0.1) is 0 Å². The van der Waals surface area contributed by atoms with Crippen LogP contribution in [0.4, 0.5) is 11.4 Å². The molecular formula is C21H16N2O3. The van der Waals surface area contributed by atoms with Crippen molar-refractivity contribution in [2.75, 3.05) is 10.6 Å². The Hall–Kier alpha value is -3.60. The van der Waals surface area contributed by atoms with Gasteiger partial charge in [-0.3, -0.25) is 9.59 Å². The smallest absolute Gasteiger partial charge is 0.256 e. The molecule has 2 N–H and O–H groups in total. The SMILES string of the molecule is Cc1ccc(NC(=O)c2ccc3c(c2)C(=Cc2ccco2)C(=O)N3)cc1. The first-order chi connectivity index (χ1) is 12.6. The summed E-state index contributed by atoms with van der Waals surface area (Å²) >= 11 is 0. The number of amides is 2. The molecule has 2 aromatic carbocycles. The third kappa shape index (κ3) is 3.02. The molecule has 0 radical (unpaired) electrons. The molecule has 1 aromatic heterocycles. The fourth-order valence-electron chi connectivity index (χ4n) is 2.83. The first-order valence-electron chi connectivity index (χ1n) is 8.19. The number of nitrogens with one attached hydrogen (secondary N) is 2. The minimum absolute atomic E-state index is 0.215. The van der Waals surface area contributed by atoms with Crippen molar-refractivity contribution in [3.8, 4) is 0 Å². The summed E-state index contributed by atoms with van der Waals surface area (Å²) in [6, 6.07) is 16.3. The molecule has 0 unspecified atom stereocenters. The van der Waals surface area contributed by atoms with Gasteiger partial charge in [0.05, 0.1) is 11.8 Å². The molecule has 0 bridgehead atoms. The highest BCUT2D eigenvalue weighted by atomic mass is 16.3. The van der Waals surface area contributed by atoms with Crippen LogP contribution in [0.3, 0.4) is 0 Å². The van der Waals surface area contributed by atoms with Crippen LogP contribution in [0.2, 0.25) is 0 Å². The number of hydrogen-bond acceptors (Lipinski definition) is 3. The number of rotatable bonds is 3. The maximum atomic E-state index is 12.5. The Balaban J connectivity index is 1.64. The van der Waals surface area contributed by atoms with Crippen LogP contribution in [0.5, 0.6) is 0 Å². The predicted octanol–water partition coefficient (Wildman–Crippen LogP) is 4.33. The number of benzene rings is 2. The van der Waals surface area contributed by atoms with Gasteiger partial charge in [0.2, 0.25) is 0 Å². The van der Waals surface area contributed by atoms with Crippen LogP contribution < -0.4 is 10.6 Å². The van der Waals surface area contributed by atoms with E-state index in [0.29, 0.717) is 28.1 Å². The van der Waals surface area contributed by atoms with Crippen LogP contribution in [0, 0.1) is 6.92 Å². The molecule has 0 aliphatic carbocycles. The zero-order valence-electron chi connectivity index (χ0n) is 14.1. The van der Waals surface area contributed by atoms with E-state index in [1.54, 1.807) is 42.7 Å². The third-order valence-corrected chi connectivity index (χ3v) is 4.20. The third-order valence-electron chi connectivity index (χ3n) is 4.20. The quantitative estimate of drug-likeness (QED) is 0.695. The molecule has 3 aromatic rings. The van der Waals surface area contributed by atoms with E-state index < -0.39 is 0 Å². The Labute approximate surface area is 150 Å². The lowest BCUT2D eigenvalue weighted by molar-refractivity contribution is -0.110. The van der Waals surface area contributed by atoms with Crippen LogP contribution in [-0.4, -0.2) is 11.8 Å². The summed E-state index contributed by atoms with van der Waals surface area (Å²) in [6.45, 7) is 1.99. The number of fused-ring (bicyclic) bond motifs is 1. The van der Waals surface area contributed by atoms with Crippen molar-refractivity contribution in [3.63, 3.8) is 0 Å². The lowest BCUT2D eigenvalue weighted by Gasteiger charge is -2.07. The second kappa shape index (κ2) is 6.37. The topological polar surface area (TPSA) is 71.3 Å². The maximum absolute atomic E-state index is 12.5. The molecule has 2 heterocycles. The Morgan fingerprint density at radius 3 is 2.65 bits per heavy atom. The Morgan fingerprint density at radius 2 is 1.92 bits per heavy atom. The molecule has 0 saturated carbocycles. The average Bonchev–Trinajstić information content (AvgIpc) is 3.25. The average molecular weight is 344 g/mol. The van der Waals surface area contributed by atoms with E-state index in [9.17, 15) is 9.59 Å². The lowest BCUT2D eigenvalue weighted by Crippen LogP contribution is -2.12. The Kier molecular flexibility index (Phi) is 3.89. The van der Waals surface area contributed by atoms with Gasteiger partial charge in [-0.25, -0.2) is 0 Å². The van der Waals surface area contributed by atoms with Crippen LogP contribution in [-0.2, 0) is 4.79 Å². The highest BCUT2D eigenvalue weighted by Crippen LogP contribution is 2.34. The van der Waals surface area contributed by atoms with Gasteiger partial charge >= 0.3 is 0 Å². The van der Waals surface area contributed by atoms with E-state index in [0.717, 1.165) is 11.3 Å². The molecule has 1 aliphatic heterocycles. The zero-order chi connectivity index (χ0) is 18.1. The molecule has 5 heteroatoms. The minimum atomic E-state index is -0.228. The molecule has 4 rings (SSSR count). The van der Waals surface area contributed by atoms with E-state index in [1.165, 1.54) is 0 Å². The first kappa shape index (κ1) is 15.9. The number of carbonyl (C=O) groups excluding carboxylic acids is 2. The number of carbonyl (C=O) groups is 2. The molecule has 0 fully saturated rings. The fourth-order valence-corrected chi connectivity index (χ4v) is 2.83. The van der Waals surface area contributed by atoms with Gasteiger partial charge < -0.3 is 15.1 Å². The van der Waals surface area contributed by atoms with Gasteiger partial charge in [-0.2, -0.15) is 0 Å². The van der Waals surface area contributed by atoms with Crippen LogP contribution in [0.1, 0.15) is 27.2 Å². The summed E-state index contributed by atoms with van der Waals surface area (Å²) in [6.07, 6.45) is 3.22. The van der Waals surface area contributed by atoms with E-state index >= 15 is 0 Å². The number of anilines is 2. The molecule has 2 amide bonds. The van der Waals surface area contributed by atoms with Gasteiger partial charge in [-0.05, 0) is 55.5 Å². The largest absolute Gasteiger partial charge is 0.465 e. The van der Waals surface area contributed by atoms with Crippen molar-refractivity contribution in [1.82, 2.24) is 0 Å². The minimum Gasteiger partial charge on any atom is -0.465 e. The van der Waals surface area contributed by atoms with Crippen molar-refractivity contribution in [2.24, 2.45) is 0 Å². The van der Waals surface area contributed by atoms with Gasteiger partial charge in [-0.1, -0.05) is 17.7 Å². The molecular weight excluding hydrogens is 328 g/mol. The van der Waals surface area contributed by atoms with E-state index in [2.05, 4.69) is 10.6 Å². The van der Waals surface area contributed by atoms with Gasteiger partial charge in [0.1, 0.15) is 5.76 Å². The summed E-state index contributed by atoms with van der Waals surface area (Å²) in [5, 5.41) is 5.67. The van der Waals surface area contributed by atoms with Crippen molar-refractivity contribution >= 4 is 34.8 Å². The van der Waals surface area contributed by atoms with Crippen LogP contribution >= 0.6 is 0 Å². The number of furan rings is 1. The molecule has 0 atom stereocenters. The predicted molar refractivity (Wildman–Crippen MR) is 101 cm³/mol. The van der Waals surface area contributed by atoms with Gasteiger partial charge in [0.15, 0.2) is 0 Å². The Bertz CT molecular complexity index is 1020. The zero-order valence-corrected chi connectivity index (χ0v) is 14.1. The number of hydrogen-bond donors (Lipinski definition) is 2. The molecule has 26 heavy (non-hydrogen) atoms. The summed E-state index contributed by atoms with van der Waals surface area (Å²) in [7, 11) is 0. The standard InChI is InChI=1S/C21H16N2O3/c1-13-4-7-15(8-5-13)22-20(24)14-6-9-19-17(11-14)18(21(25)23-19)12-16-3-2-10-26-16/h2-12H,1H3,(H,22,24)(H,23,25). The normalized spacial score (nSPS) is 14.2. The monoisotopic (exact) mass is 344 g/mol. The van der Waals surface area contributed by atoms with Gasteiger partial charge in [0.25, 0.3) is 11.8 Å². The maximum Gasteiger partial charge on any atom is 0.256 e. The summed E-state index contributed by atoms with van der Waals surface area (Å²) in [4.78, 5) is 24.8. The summed E-state index contributed by atoms with van der Waals surface area (Å²) in [5.74, 6) is 0.137. The van der Waals surface area contributed by atoms with Crippen molar-refractivity contribution in [1.29, 1.82) is 0 Å². The van der Waals surface area contributed by atoms with Crippen molar-refractivity contribution in [2.45, 2.75) is 6.92 Å². The molecule has 0 saturated heterocycles. The summed E-state index contributed by atoms with van der Waals surface area (Å²) in [5.41, 5.74) is 4.16. The fraction of sp³-hybridized carbons (Fsp3) is 0.0476. The van der Waals surface area contributed by atoms with E-state index in [1.807, 2.05) is 31.2 Å². The molecule has 0 spiro atoms. The van der Waals surface area contributed by atoms with Crippen LogP contribution in [0.25, 0.3) is 11.6 Å². The highest BCUT2D eigenvalue weighted by Gasteiger charge is 2.25. The van der Waals surface area contributed by atoms with Crippen LogP contribution in [0.15, 0.2) is 65.3 Å². The molecule has 5 nitrogen and oxygen atoms in total. The highest BCUT2D eigenvalue weighted by molar-refractivity contribution is 6.35. The number of aryl methyl sites for hydroxylation is 1. The second-order valence-corrected chi connectivity index (χ2v) is 6.11. The van der Waals surface area contributed by atoms with Crippen molar-refractivity contribution in [3.05, 3.63) is 83.3 Å². The summed E-state index contributed by atoms with van der Waals surface area (Å²) < 4.78 is 5.29. The molecule has 1 aliphatic rings. The second-order valence-electron chi connectivity index (χ2n) is 6.11.